The highest BCUT2D eigenvalue weighted by molar-refractivity contribution is 7.80. The maximum absolute atomic E-state index is 12.4. The Balaban J connectivity index is 1.40. The van der Waals surface area contributed by atoms with E-state index < -0.39 is 0 Å². The molecular weight excluding hydrogens is 516 g/mol. The third-order valence-corrected chi connectivity index (χ3v) is 5.85. The molecule has 36 heavy (non-hydrogen) atoms. The average Bonchev–Trinajstić information content (AvgIpc) is 3.22. The predicted octanol–water partition coefficient (Wildman–Crippen LogP) is 5.04. The minimum Gasteiger partial charge on any atom is -0.486 e. The maximum Gasteiger partial charge on any atom is 0.240 e. The quantitative estimate of drug-likeness (QED) is 0.214. The molecule has 0 atom stereocenters. The second kappa shape index (κ2) is 12.3. The van der Waals surface area contributed by atoms with Gasteiger partial charge in [-0.1, -0.05) is 48.0 Å². The van der Waals surface area contributed by atoms with Crippen molar-refractivity contribution in [2.45, 2.75) is 19.6 Å². The fourth-order valence-corrected chi connectivity index (χ4v) is 3.92. The minimum atomic E-state index is -0.262. The SMILES string of the molecule is O=C(CCn1nc(COc2ccc(Cl)cc2)n(-c2ccccc2)c1=S)NNC(=S)Nc1ccccc1. The van der Waals surface area contributed by atoms with Crippen LogP contribution in [-0.4, -0.2) is 25.4 Å². The normalized spacial score (nSPS) is 10.5. The molecule has 3 N–H and O–H groups in total. The number of hydrogen-bond donors (Lipinski definition) is 3. The first-order valence-corrected chi connectivity index (χ1v) is 12.2. The number of halogens is 1. The first kappa shape index (κ1) is 25.4. The summed E-state index contributed by atoms with van der Waals surface area (Å²) < 4.78 is 9.81. The van der Waals surface area contributed by atoms with E-state index in [9.17, 15) is 4.79 Å². The fraction of sp³-hybridized carbons (Fsp3) is 0.120. The number of aryl methyl sites for hydroxylation is 1. The Morgan fingerprint density at radius 3 is 2.31 bits per heavy atom. The third-order valence-electron chi connectivity index (χ3n) is 5.00. The zero-order valence-electron chi connectivity index (χ0n) is 19.1. The summed E-state index contributed by atoms with van der Waals surface area (Å²) in [4.78, 5) is 12.4. The summed E-state index contributed by atoms with van der Waals surface area (Å²) >= 11 is 16.9. The smallest absolute Gasteiger partial charge is 0.240 e. The first-order chi connectivity index (χ1) is 17.5. The van der Waals surface area contributed by atoms with Gasteiger partial charge in [-0.15, -0.1) is 0 Å². The Morgan fingerprint density at radius 1 is 0.944 bits per heavy atom. The summed E-state index contributed by atoms with van der Waals surface area (Å²) in [5.74, 6) is 1.00. The Hall–Kier alpha value is -3.73. The lowest BCUT2D eigenvalue weighted by Gasteiger charge is -2.11. The lowest BCUT2D eigenvalue weighted by molar-refractivity contribution is -0.121. The number of nitrogens with zero attached hydrogens (tertiary/aromatic N) is 3. The molecule has 3 aromatic carbocycles. The van der Waals surface area contributed by atoms with Gasteiger partial charge in [0.25, 0.3) is 0 Å². The standard InChI is InChI=1S/C25H23ClN6O2S2/c26-18-11-13-21(14-12-18)34-17-22-30-31(25(36)32(22)20-9-5-2-6-10-20)16-15-23(33)28-29-24(35)27-19-7-3-1-4-8-19/h1-14H,15-17H2,(H,28,33)(H2,27,29,35). The number of nitrogens with one attached hydrogen (secondary N) is 3. The van der Waals surface area contributed by atoms with Crippen LogP contribution in [0.4, 0.5) is 5.69 Å². The van der Waals surface area contributed by atoms with Crippen LogP contribution in [0.1, 0.15) is 12.2 Å². The number of hydrazine groups is 1. The molecule has 0 bridgehead atoms. The van der Waals surface area contributed by atoms with Crippen LogP contribution in [0, 0.1) is 4.77 Å². The van der Waals surface area contributed by atoms with Crippen LogP contribution >= 0.6 is 36.0 Å². The van der Waals surface area contributed by atoms with Gasteiger partial charge >= 0.3 is 0 Å². The van der Waals surface area contributed by atoms with Crippen LogP contribution in [0.3, 0.4) is 0 Å². The van der Waals surface area contributed by atoms with Gasteiger partial charge in [0.1, 0.15) is 12.4 Å². The van der Waals surface area contributed by atoms with Crippen molar-refractivity contribution in [2.24, 2.45) is 0 Å². The van der Waals surface area contributed by atoms with Crippen molar-refractivity contribution in [1.82, 2.24) is 25.2 Å². The second-order valence-electron chi connectivity index (χ2n) is 7.58. The van der Waals surface area contributed by atoms with E-state index in [0.717, 1.165) is 11.4 Å². The Morgan fingerprint density at radius 2 is 1.61 bits per heavy atom. The Bertz CT molecular complexity index is 1380. The van der Waals surface area contributed by atoms with Crippen LogP contribution in [0.2, 0.25) is 5.02 Å². The highest BCUT2D eigenvalue weighted by Gasteiger charge is 2.14. The molecule has 0 aliphatic heterocycles. The molecule has 0 aliphatic rings. The van der Waals surface area contributed by atoms with Crippen molar-refractivity contribution < 1.29 is 9.53 Å². The molecule has 0 unspecified atom stereocenters. The van der Waals surface area contributed by atoms with E-state index >= 15 is 0 Å². The molecule has 4 aromatic rings. The summed E-state index contributed by atoms with van der Waals surface area (Å²) in [6, 6.07) is 26.1. The molecule has 8 nitrogen and oxygen atoms in total. The number of para-hydroxylation sites is 2. The number of aromatic nitrogens is 3. The summed E-state index contributed by atoms with van der Waals surface area (Å²) in [6.07, 6.45) is 0.137. The zero-order chi connectivity index (χ0) is 25.3. The van der Waals surface area contributed by atoms with E-state index in [-0.39, 0.29) is 30.6 Å². The van der Waals surface area contributed by atoms with Crippen molar-refractivity contribution in [3.8, 4) is 11.4 Å². The third kappa shape index (κ3) is 6.91. The van der Waals surface area contributed by atoms with Gasteiger partial charge in [-0.3, -0.25) is 20.2 Å². The fourth-order valence-electron chi connectivity index (χ4n) is 3.29. The van der Waals surface area contributed by atoms with Gasteiger partial charge in [0, 0.05) is 22.8 Å². The molecule has 184 valence electrons. The van der Waals surface area contributed by atoms with E-state index in [4.69, 9.17) is 40.8 Å². The molecule has 0 saturated carbocycles. The van der Waals surface area contributed by atoms with E-state index in [1.165, 1.54) is 0 Å². The van der Waals surface area contributed by atoms with E-state index in [1.807, 2.05) is 65.2 Å². The van der Waals surface area contributed by atoms with Crippen molar-refractivity contribution in [2.75, 3.05) is 5.32 Å². The summed E-state index contributed by atoms with van der Waals surface area (Å²) in [6.45, 7) is 0.458. The summed E-state index contributed by atoms with van der Waals surface area (Å²) in [7, 11) is 0. The predicted molar refractivity (Wildman–Crippen MR) is 147 cm³/mol. The zero-order valence-corrected chi connectivity index (χ0v) is 21.4. The number of rotatable bonds is 8. The topological polar surface area (TPSA) is 85.1 Å². The van der Waals surface area contributed by atoms with Gasteiger partial charge < -0.3 is 10.1 Å². The number of anilines is 1. The second-order valence-corrected chi connectivity index (χ2v) is 8.79. The van der Waals surface area contributed by atoms with Crippen LogP contribution < -0.4 is 20.9 Å². The van der Waals surface area contributed by atoms with Gasteiger partial charge in [-0.05, 0) is 73.0 Å². The van der Waals surface area contributed by atoms with Gasteiger partial charge in [-0.2, -0.15) is 5.10 Å². The molecule has 1 amide bonds. The maximum atomic E-state index is 12.4. The van der Waals surface area contributed by atoms with E-state index in [0.29, 0.717) is 21.4 Å². The molecule has 11 heteroatoms. The van der Waals surface area contributed by atoms with Gasteiger partial charge in [-0.25, -0.2) is 4.68 Å². The van der Waals surface area contributed by atoms with Crippen molar-refractivity contribution in [1.29, 1.82) is 0 Å². The van der Waals surface area contributed by atoms with Crippen LogP contribution in [0.15, 0.2) is 84.9 Å². The van der Waals surface area contributed by atoms with E-state index in [2.05, 4.69) is 21.3 Å². The molecule has 1 heterocycles. The van der Waals surface area contributed by atoms with Crippen LogP contribution in [0.25, 0.3) is 5.69 Å². The number of ether oxygens (including phenoxy) is 1. The molecule has 0 radical (unpaired) electrons. The molecule has 0 saturated heterocycles. The van der Waals surface area contributed by atoms with Crippen LogP contribution in [-0.2, 0) is 17.9 Å². The Labute approximate surface area is 223 Å². The lowest BCUT2D eigenvalue weighted by atomic mass is 10.3. The number of hydrogen-bond acceptors (Lipinski definition) is 5. The highest BCUT2D eigenvalue weighted by Crippen LogP contribution is 2.18. The Kier molecular flexibility index (Phi) is 8.66. The average molecular weight is 539 g/mol. The number of carbonyl (C=O) groups is 1. The van der Waals surface area contributed by atoms with Gasteiger partial charge in [0.15, 0.2) is 10.9 Å². The number of amides is 1. The van der Waals surface area contributed by atoms with Gasteiger partial charge in [0.2, 0.25) is 10.7 Å². The van der Waals surface area contributed by atoms with Crippen molar-refractivity contribution in [3.63, 3.8) is 0 Å². The minimum absolute atomic E-state index is 0.137. The summed E-state index contributed by atoms with van der Waals surface area (Å²) in [5.41, 5.74) is 6.95. The monoisotopic (exact) mass is 538 g/mol. The number of thiocarbonyl (C=S) groups is 1. The van der Waals surface area contributed by atoms with Crippen molar-refractivity contribution >= 4 is 52.7 Å². The largest absolute Gasteiger partial charge is 0.486 e. The molecule has 1 aromatic heterocycles. The van der Waals surface area contributed by atoms with E-state index in [1.54, 1.807) is 28.9 Å². The number of carbonyl (C=O) groups excluding carboxylic acids is 1. The van der Waals surface area contributed by atoms with Crippen LogP contribution in [0.5, 0.6) is 5.75 Å². The lowest BCUT2D eigenvalue weighted by Crippen LogP contribution is -2.44. The number of benzene rings is 3. The molecule has 4 rings (SSSR count). The molecule has 0 spiro atoms. The van der Waals surface area contributed by atoms with Gasteiger partial charge in [0.05, 0.1) is 6.54 Å². The highest BCUT2D eigenvalue weighted by atomic mass is 35.5. The first-order valence-electron chi connectivity index (χ1n) is 11.0. The van der Waals surface area contributed by atoms with Crippen molar-refractivity contribution in [3.05, 3.63) is 101 Å². The molecular formula is C25H23ClN6O2S2. The molecule has 0 fully saturated rings. The summed E-state index contributed by atoms with van der Waals surface area (Å²) in [5, 5.41) is 8.52. The molecule has 0 aliphatic carbocycles.